The van der Waals surface area contributed by atoms with Crippen LogP contribution in [0, 0.1) is 0 Å². The minimum atomic E-state index is -0.895. The standard InChI is InChI=1S/C18H24N2O2S/c1-13(12-23(2)22)19-18(21)20-16-8-9-17(20)11-15(10-16)14-6-4-3-5-7-14/h3-7,10,13,16-17H,8-9,11-12H2,1-2H3,(H,19,21). The van der Waals surface area contributed by atoms with Gasteiger partial charge < -0.3 is 10.2 Å². The van der Waals surface area contributed by atoms with Crippen molar-refractivity contribution in [1.82, 2.24) is 10.2 Å². The van der Waals surface area contributed by atoms with E-state index in [0.717, 1.165) is 19.3 Å². The SMILES string of the molecule is CC(CS(C)=O)NC(=O)N1C2C=C(c3ccccc3)CC1CC2. The van der Waals surface area contributed by atoms with Crippen molar-refractivity contribution < 1.29 is 9.00 Å². The molecule has 1 aromatic rings. The first-order valence-corrected chi connectivity index (χ1v) is 9.92. The van der Waals surface area contributed by atoms with Crippen molar-refractivity contribution in [1.29, 1.82) is 0 Å². The monoisotopic (exact) mass is 332 g/mol. The molecule has 2 aliphatic rings. The fourth-order valence-corrected chi connectivity index (χ4v) is 4.48. The Labute approximate surface area is 140 Å². The molecule has 1 fully saturated rings. The molecule has 4 unspecified atom stereocenters. The first-order chi connectivity index (χ1) is 11.0. The molecule has 2 bridgehead atoms. The summed E-state index contributed by atoms with van der Waals surface area (Å²) in [6.07, 6.45) is 6.92. The Morgan fingerprint density at radius 1 is 1.35 bits per heavy atom. The summed E-state index contributed by atoms with van der Waals surface area (Å²) in [5.74, 6) is 0.500. The zero-order chi connectivity index (χ0) is 16.4. The smallest absolute Gasteiger partial charge is 0.318 e. The fraction of sp³-hybridized carbons (Fsp3) is 0.500. The molecule has 1 saturated heterocycles. The number of urea groups is 1. The maximum atomic E-state index is 12.6. The molecule has 2 aliphatic heterocycles. The minimum absolute atomic E-state index is 0.0150. The second-order valence-electron chi connectivity index (χ2n) is 6.56. The van der Waals surface area contributed by atoms with Gasteiger partial charge in [0.1, 0.15) is 0 Å². The number of nitrogens with one attached hydrogen (secondary N) is 1. The summed E-state index contributed by atoms with van der Waals surface area (Å²) in [4.78, 5) is 14.6. The number of amides is 2. The average Bonchev–Trinajstić information content (AvgIpc) is 2.77. The molecule has 0 aliphatic carbocycles. The number of benzene rings is 1. The average molecular weight is 332 g/mol. The highest BCUT2D eigenvalue weighted by molar-refractivity contribution is 7.84. The molecule has 2 amide bonds. The van der Waals surface area contributed by atoms with Crippen LogP contribution in [0.4, 0.5) is 4.79 Å². The predicted molar refractivity (Wildman–Crippen MR) is 94.6 cm³/mol. The van der Waals surface area contributed by atoms with Gasteiger partial charge in [0.2, 0.25) is 0 Å². The van der Waals surface area contributed by atoms with Crippen molar-refractivity contribution in [2.24, 2.45) is 0 Å². The lowest BCUT2D eigenvalue weighted by molar-refractivity contribution is 0.177. The van der Waals surface area contributed by atoms with Gasteiger partial charge in [-0.3, -0.25) is 4.21 Å². The molecule has 1 aromatic carbocycles. The lowest BCUT2D eigenvalue weighted by Gasteiger charge is -2.35. The number of hydrogen-bond donors (Lipinski definition) is 1. The van der Waals surface area contributed by atoms with Crippen LogP contribution in [0.3, 0.4) is 0 Å². The molecule has 124 valence electrons. The van der Waals surface area contributed by atoms with Gasteiger partial charge in [-0.2, -0.15) is 0 Å². The van der Waals surface area contributed by atoms with Crippen molar-refractivity contribution in [3.63, 3.8) is 0 Å². The summed E-state index contributed by atoms with van der Waals surface area (Å²) in [5, 5.41) is 3.00. The highest BCUT2D eigenvalue weighted by Gasteiger charge is 2.39. The highest BCUT2D eigenvalue weighted by atomic mass is 32.2. The van der Waals surface area contributed by atoms with Gasteiger partial charge in [-0.1, -0.05) is 36.4 Å². The first kappa shape index (κ1) is 16.2. The molecule has 0 aromatic heterocycles. The van der Waals surface area contributed by atoms with Crippen LogP contribution in [-0.4, -0.2) is 45.3 Å². The number of nitrogens with zero attached hydrogens (tertiary/aromatic N) is 1. The lowest BCUT2D eigenvalue weighted by Crippen LogP contribution is -2.51. The Morgan fingerprint density at radius 2 is 2.09 bits per heavy atom. The third kappa shape index (κ3) is 3.66. The molecular weight excluding hydrogens is 308 g/mol. The van der Waals surface area contributed by atoms with Crippen molar-refractivity contribution in [3.05, 3.63) is 42.0 Å². The Kier molecular flexibility index (Phi) is 4.85. The normalized spacial score (nSPS) is 25.7. The number of fused-ring (bicyclic) bond motifs is 2. The molecule has 3 rings (SSSR count). The van der Waals surface area contributed by atoms with Crippen LogP contribution in [0.1, 0.15) is 31.7 Å². The third-order valence-corrected chi connectivity index (χ3v) is 5.60. The molecule has 0 saturated carbocycles. The summed E-state index contributed by atoms with van der Waals surface area (Å²) >= 11 is 0. The molecule has 1 N–H and O–H groups in total. The van der Waals surface area contributed by atoms with E-state index in [1.807, 2.05) is 17.9 Å². The highest BCUT2D eigenvalue weighted by Crippen LogP contribution is 2.38. The van der Waals surface area contributed by atoms with Crippen LogP contribution in [0.25, 0.3) is 5.57 Å². The topological polar surface area (TPSA) is 49.4 Å². The van der Waals surface area contributed by atoms with Crippen molar-refractivity contribution in [3.8, 4) is 0 Å². The number of carbonyl (C=O) groups excluding carboxylic acids is 1. The first-order valence-electron chi connectivity index (χ1n) is 8.19. The minimum Gasteiger partial charge on any atom is -0.335 e. The summed E-state index contributed by atoms with van der Waals surface area (Å²) in [5.41, 5.74) is 2.61. The van der Waals surface area contributed by atoms with Crippen LogP contribution >= 0.6 is 0 Å². The van der Waals surface area contributed by atoms with Gasteiger partial charge in [0.15, 0.2) is 0 Å². The largest absolute Gasteiger partial charge is 0.335 e. The molecule has 0 radical (unpaired) electrons. The second kappa shape index (κ2) is 6.87. The van der Waals surface area contributed by atoms with E-state index >= 15 is 0 Å². The van der Waals surface area contributed by atoms with Crippen molar-refractivity contribution >= 4 is 22.4 Å². The number of hydrogen-bond acceptors (Lipinski definition) is 2. The van der Waals surface area contributed by atoms with Gasteiger partial charge in [0.25, 0.3) is 0 Å². The van der Waals surface area contributed by atoms with E-state index < -0.39 is 10.8 Å². The Bertz CT molecular complexity index is 629. The molecule has 23 heavy (non-hydrogen) atoms. The summed E-state index contributed by atoms with van der Waals surface area (Å²) < 4.78 is 11.3. The third-order valence-electron chi connectivity index (χ3n) is 4.63. The van der Waals surface area contributed by atoms with E-state index in [9.17, 15) is 9.00 Å². The second-order valence-corrected chi connectivity index (χ2v) is 8.04. The Hall–Kier alpha value is -1.62. The number of carbonyl (C=O) groups is 1. The van der Waals surface area contributed by atoms with Crippen LogP contribution in [0.2, 0.25) is 0 Å². The Morgan fingerprint density at radius 3 is 2.74 bits per heavy atom. The zero-order valence-corrected chi connectivity index (χ0v) is 14.5. The van der Waals surface area contributed by atoms with E-state index in [1.54, 1.807) is 6.26 Å². The number of rotatable bonds is 4. The van der Waals surface area contributed by atoms with E-state index in [4.69, 9.17) is 0 Å². The van der Waals surface area contributed by atoms with Crippen LogP contribution in [-0.2, 0) is 10.8 Å². The quantitative estimate of drug-likeness (QED) is 0.922. The molecule has 4 atom stereocenters. The maximum absolute atomic E-state index is 12.6. The maximum Gasteiger partial charge on any atom is 0.318 e. The van der Waals surface area contributed by atoms with Gasteiger partial charge in [-0.25, -0.2) is 4.79 Å². The van der Waals surface area contributed by atoms with Crippen LogP contribution in [0.5, 0.6) is 0 Å². The summed E-state index contributed by atoms with van der Waals surface area (Å²) in [6, 6.07) is 10.8. The molecular formula is C18H24N2O2S. The van der Waals surface area contributed by atoms with Gasteiger partial charge in [-0.05, 0) is 37.3 Å². The molecule has 2 heterocycles. The van der Waals surface area contributed by atoms with Crippen molar-refractivity contribution in [2.45, 2.75) is 44.3 Å². The van der Waals surface area contributed by atoms with Gasteiger partial charge >= 0.3 is 6.03 Å². The zero-order valence-electron chi connectivity index (χ0n) is 13.7. The predicted octanol–water partition coefficient (Wildman–Crippen LogP) is 2.78. The molecule has 0 spiro atoms. The summed E-state index contributed by atoms with van der Waals surface area (Å²) in [6.45, 7) is 1.91. The molecule has 4 nitrogen and oxygen atoms in total. The van der Waals surface area contributed by atoms with Gasteiger partial charge in [-0.15, -0.1) is 0 Å². The van der Waals surface area contributed by atoms with E-state index in [2.05, 4.69) is 35.7 Å². The van der Waals surface area contributed by atoms with Crippen LogP contribution in [0.15, 0.2) is 36.4 Å². The van der Waals surface area contributed by atoms with E-state index in [0.29, 0.717) is 5.75 Å². The van der Waals surface area contributed by atoms with Gasteiger partial charge in [0, 0.05) is 34.9 Å². The van der Waals surface area contributed by atoms with E-state index in [1.165, 1.54) is 11.1 Å². The molecule has 5 heteroatoms. The summed E-state index contributed by atoms with van der Waals surface area (Å²) in [7, 11) is -0.895. The fourth-order valence-electron chi connectivity index (χ4n) is 3.69. The Balaban J connectivity index is 1.71. The van der Waals surface area contributed by atoms with Gasteiger partial charge in [0.05, 0.1) is 6.04 Å². The van der Waals surface area contributed by atoms with Crippen molar-refractivity contribution in [2.75, 3.05) is 12.0 Å². The lowest BCUT2D eigenvalue weighted by atomic mass is 9.95. The van der Waals surface area contributed by atoms with Crippen LogP contribution < -0.4 is 5.32 Å². The van der Waals surface area contributed by atoms with E-state index in [-0.39, 0.29) is 24.2 Å².